The van der Waals surface area contributed by atoms with E-state index in [1.807, 2.05) is 0 Å². The molecule has 0 saturated carbocycles. The number of amides is 1. The van der Waals surface area contributed by atoms with Gasteiger partial charge in [0.1, 0.15) is 11.6 Å². The van der Waals surface area contributed by atoms with Crippen molar-refractivity contribution in [3.63, 3.8) is 0 Å². The number of aromatic nitrogens is 2. The van der Waals surface area contributed by atoms with Gasteiger partial charge in [0, 0.05) is 16.9 Å². The normalized spacial score (nSPS) is 12.2. The number of carbonyl (C=O) groups excluding carboxylic acids is 1. The average Bonchev–Trinajstić information content (AvgIpc) is 2.90. The van der Waals surface area contributed by atoms with Crippen LogP contribution in [0.4, 0.5) is 17.6 Å². The second-order valence-electron chi connectivity index (χ2n) is 8.44. The first-order valence-electron chi connectivity index (χ1n) is 11.5. The molecule has 3 aromatic carbocycles. The van der Waals surface area contributed by atoms with Gasteiger partial charge >= 0.3 is 6.18 Å². The van der Waals surface area contributed by atoms with E-state index in [-0.39, 0.29) is 39.5 Å². The molecule has 0 aliphatic heterocycles. The topological polar surface area (TPSA) is 113 Å². The summed E-state index contributed by atoms with van der Waals surface area (Å²) in [6.07, 6.45) is -4.95. The maximum atomic E-state index is 13.9. The summed E-state index contributed by atoms with van der Waals surface area (Å²) in [5.41, 5.74) is 3.53. The van der Waals surface area contributed by atoms with E-state index >= 15 is 0 Å². The number of hydrogen-bond acceptors (Lipinski definition) is 7. The van der Waals surface area contributed by atoms with Crippen molar-refractivity contribution in [1.82, 2.24) is 15.4 Å². The fourth-order valence-electron chi connectivity index (χ4n) is 3.78. The van der Waals surface area contributed by atoms with Crippen LogP contribution >= 0.6 is 0 Å². The predicted octanol–water partition coefficient (Wildman–Crippen LogP) is 5.74. The van der Waals surface area contributed by atoms with Crippen molar-refractivity contribution < 1.29 is 40.7 Å². The molecule has 4 rings (SSSR count). The minimum Gasteiger partial charge on any atom is -0.772 e. The maximum absolute atomic E-state index is 13.9. The first kappa shape index (κ1) is 28.8. The Balaban J connectivity index is 1.92. The molecule has 1 amide bonds. The number of nitrogens with zero attached hydrogens (tertiary/aromatic N) is 2. The summed E-state index contributed by atoms with van der Waals surface area (Å²) in [5.74, 6) is -3.25. The molecule has 1 unspecified atom stereocenters. The summed E-state index contributed by atoms with van der Waals surface area (Å²) in [7, 11) is 1.27. The number of alkyl halides is 3. The molecule has 0 aliphatic carbocycles. The van der Waals surface area contributed by atoms with Crippen LogP contribution in [0.15, 0.2) is 66.7 Å². The second kappa shape index (κ2) is 11.9. The van der Waals surface area contributed by atoms with Crippen LogP contribution in [0.5, 0.6) is 11.6 Å². The highest BCUT2D eigenvalue weighted by Gasteiger charge is 2.37. The van der Waals surface area contributed by atoms with Gasteiger partial charge in [-0.2, -0.15) is 18.2 Å². The standard InChI is InChI=1S/C27H21F4N3O5S/c1-15-13-19(24(35)34-38-2)9-12-21(15)39-25-22(17-7-10-20(28)11-8-17)23(32-26(33-25)27(29,30)31)18-5-3-16(4-6-18)14-40(36)37/h3-13H,14H2,1-2H3,(H,34,35)(H,36,37)/p-1. The maximum Gasteiger partial charge on any atom is 0.451 e. The van der Waals surface area contributed by atoms with Crippen LogP contribution in [0.1, 0.15) is 27.3 Å². The van der Waals surface area contributed by atoms with Crippen molar-refractivity contribution in [1.29, 1.82) is 0 Å². The van der Waals surface area contributed by atoms with Crippen molar-refractivity contribution >= 4 is 17.0 Å². The van der Waals surface area contributed by atoms with Crippen LogP contribution in [0.2, 0.25) is 0 Å². The molecular weight excluding hydrogens is 554 g/mol. The fraction of sp³-hybridized carbons (Fsp3) is 0.148. The van der Waals surface area contributed by atoms with Crippen LogP contribution < -0.4 is 10.2 Å². The van der Waals surface area contributed by atoms with Gasteiger partial charge in [-0.1, -0.05) is 47.5 Å². The molecule has 0 fully saturated rings. The Morgan fingerprint density at radius 1 is 1.00 bits per heavy atom. The van der Waals surface area contributed by atoms with E-state index in [4.69, 9.17) is 4.74 Å². The van der Waals surface area contributed by atoms with Gasteiger partial charge in [0.05, 0.1) is 18.4 Å². The SMILES string of the molecule is CONC(=O)c1ccc(Oc2nc(C(F)(F)F)nc(-c3ccc(CS(=O)[O-])cc3)c2-c2ccc(F)cc2)c(C)c1. The van der Waals surface area contributed by atoms with Gasteiger partial charge in [0.2, 0.25) is 11.7 Å². The molecular formula is C27H20F4N3O5S-. The highest BCUT2D eigenvalue weighted by atomic mass is 32.2. The smallest absolute Gasteiger partial charge is 0.451 e. The Labute approximate surface area is 228 Å². The molecule has 1 atom stereocenters. The number of hydroxylamine groups is 1. The van der Waals surface area contributed by atoms with E-state index in [1.165, 1.54) is 61.7 Å². The second-order valence-corrected chi connectivity index (χ2v) is 9.34. The number of aryl methyl sites for hydroxylation is 1. The number of hydrogen-bond donors (Lipinski definition) is 1. The molecule has 0 aliphatic rings. The summed E-state index contributed by atoms with van der Waals surface area (Å²) in [6, 6.07) is 14.9. The summed E-state index contributed by atoms with van der Waals surface area (Å²) in [6.45, 7) is 1.59. The highest BCUT2D eigenvalue weighted by Crippen LogP contribution is 2.42. The van der Waals surface area contributed by atoms with E-state index in [0.717, 1.165) is 12.1 Å². The van der Waals surface area contributed by atoms with Crippen LogP contribution in [0.3, 0.4) is 0 Å². The Morgan fingerprint density at radius 3 is 2.23 bits per heavy atom. The predicted molar refractivity (Wildman–Crippen MR) is 136 cm³/mol. The van der Waals surface area contributed by atoms with Gasteiger partial charge in [-0.05, 0) is 53.9 Å². The molecule has 8 nitrogen and oxygen atoms in total. The van der Waals surface area contributed by atoms with Crippen molar-refractivity contribution in [2.75, 3.05) is 7.11 Å². The lowest BCUT2D eigenvalue weighted by Gasteiger charge is -2.18. The van der Waals surface area contributed by atoms with Gasteiger partial charge in [0.15, 0.2) is 0 Å². The number of halogens is 4. The van der Waals surface area contributed by atoms with Crippen molar-refractivity contribution in [2.24, 2.45) is 0 Å². The summed E-state index contributed by atoms with van der Waals surface area (Å²) in [5, 5.41) is 0. The first-order chi connectivity index (χ1) is 19.0. The Hall–Kier alpha value is -4.20. The van der Waals surface area contributed by atoms with Crippen LogP contribution in [-0.4, -0.2) is 31.7 Å². The van der Waals surface area contributed by atoms with Gasteiger partial charge in [-0.25, -0.2) is 14.9 Å². The number of ether oxygens (including phenoxy) is 1. The number of nitrogens with one attached hydrogen (secondary N) is 1. The molecule has 1 aromatic heterocycles. The van der Waals surface area contributed by atoms with Crippen LogP contribution in [0.25, 0.3) is 22.4 Å². The van der Waals surface area contributed by atoms with Gasteiger partial charge in [0.25, 0.3) is 5.91 Å². The zero-order valence-electron chi connectivity index (χ0n) is 20.9. The molecule has 1 heterocycles. The lowest BCUT2D eigenvalue weighted by Crippen LogP contribution is -2.21. The highest BCUT2D eigenvalue weighted by molar-refractivity contribution is 7.78. The minimum atomic E-state index is -4.95. The van der Waals surface area contributed by atoms with E-state index in [9.17, 15) is 31.1 Å². The summed E-state index contributed by atoms with van der Waals surface area (Å²) >= 11 is -2.37. The lowest BCUT2D eigenvalue weighted by atomic mass is 9.99. The molecule has 13 heteroatoms. The van der Waals surface area contributed by atoms with E-state index in [0.29, 0.717) is 11.1 Å². The zero-order chi connectivity index (χ0) is 29.0. The van der Waals surface area contributed by atoms with Gasteiger partial charge in [-0.15, -0.1) is 0 Å². The van der Waals surface area contributed by atoms with Gasteiger partial charge in [-0.3, -0.25) is 13.8 Å². The number of carbonyl (C=O) groups is 1. The molecule has 4 aromatic rings. The van der Waals surface area contributed by atoms with Crippen LogP contribution in [-0.2, 0) is 27.8 Å². The fourth-order valence-corrected chi connectivity index (χ4v) is 4.25. The average molecular weight is 575 g/mol. The zero-order valence-corrected chi connectivity index (χ0v) is 21.7. The molecule has 1 N–H and O–H groups in total. The third kappa shape index (κ3) is 6.68. The lowest BCUT2D eigenvalue weighted by molar-refractivity contribution is -0.145. The Kier molecular flexibility index (Phi) is 8.57. The largest absolute Gasteiger partial charge is 0.772 e. The molecule has 0 bridgehead atoms. The molecule has 0 spiro atoms. The monoisotopic (exact) mass is 574 g/mol. The van der Waals surface area contributed by atoms with Crippen molar-refractivity contribution in [2.45, 2.75) is 18.9 Å². The summed E-state index contributed by atoms with van der Waals surface area (Å²) in [4.78, 5) is 24.2. The Bertz CT molecular complexity index is 1560. The molecule has 0 radical (unpaired) electrons. The molecule has 208 valence electrons. The van der Waals surface area contributed by atoms with E-state index < -0.39 is 40.7 Å². The molecule has 40 heavy (non-hydrogen) atoms. The van der Waals surface area contributed by atoms with Crippen molar-refractivity contribution in [3.8, 4) is 34.0 Å². The van der Waals surface area contributed by atoms with E-state index in [2.05, 4.69) is 20.3 Å². The Morgan fingerprint density at radius 2 is 1.65 bits per heavy atom. The van der Waals surface area contributed by atoms with Crippen LogP contribution in [0, 0.1) is 12.7 Å². The third-order valence-electron chi connectivity index (χ3n) is 5.61. The van der Waals surface area contributed by atoms with Crippen molar-refractivity contribution in [3.05, 3.63) is 95.1 Å². The summed E-state index contributed by atoms with van der Waals surface area (Å²) < 4.78 is 83.6. The minimum absolute atomic E-state index is 0.0359. The number of benzene rings is 3. The first-order valence-corrected chi connectivity index (χ1v) is 12.7. The van der Waals surface area contributed by atoms with Gasteiger partial charge < -0.3 is 9.29 Å². The van der Waals surface area contributed by atoms with E-state index in [1.54, 1.807) is 6.92 Å². The third-order valence-corrected chi connectivity index (χ3v) is 6.18. The number of rotatable bonds is 8. The molecule has 0 saturated heterocycles. The quantitative estimate of drug-likeness (QED) is 0.162.